The smallest absolute Gasteiger partial charge is 0.332 e. The number of hydrogen-bond acceptors (Lipinski definition) is 6. The van der Waals surface area contributed by atoms with Crippen LogP contribution in [0.15, 0.2) is 18.2 Å². The van der Waals surface area contributed by atoms with Crippen molar-refractivity contribution in [2.75, 3.05) is 39.5 Å². The van der Waals surface area contributed by atoms with E-state index in [1.807, 2.05) is 57.7 Å². The van der Waals surface area contributed by atoms with E-state index in [2.05, 4.69) is 0 Å². The molecular weight excluding hydrogens is 341 g/mol. The zero-order valence-electron chi connectivity index (χ0n) is 15.9. The Labute approximate surface area is 152 Å². The molecule has 7 heteroatoms. The molecule has 1 aromatic rings. The Morgan fingerprint density at radius 1 is 1.04 bits per heavy atom. The van der Waals surface area contributed by atoms with Gasteiger partial charge in [-0.05, 0) is 45.4 Å². The zero-order chi connectivity index (χ0) is 18.7. The van der Waals surface area contributed by atoms with Gasteiger partial charge in [0.15, 0.2) is 0 Å². The summed E-state index contributed by atoms with van der Waals surface area (Å²) in [6.07, 6.45) is 0. The minimum Gasteiger partial charge on any atom is -0.425 e. The summed E-state index contributed by atoms with van der Waals surface area (Å²) in [5.74, 6) is 0.382. The van der Waals surface area contributed by atoms with Crippen LogP contribution in [0.25, 0.3) is 0 Å². The van der Waals surface area contributed by atoms with Crippen molar-refractivity contribution in [2.24, 2.45) is 0 Å². The van der Waals surface area contributed by atoms with Gasteiger partial charge in [-0.15, -0.1) is 0 Å². The molecule has 0 atom stereocenters. The number of aryl methyl sites for hydroxylation is 2. The first-order chi connectivity index (χ1) is 12.0. The van der Waals surface area contributed by atoms with Crippen molar-refractivity contribution in [1.29, 1.82) is 0 Å². The maximum absolute atomic E-state index is 12.2. The molecule has 0 unspecified atom stereocenters. The van der Waals surface area contributed by atoms with Crippen LogP contribution in [0.3, 0.4) is 0 Å². The standard InChI is InChI=1S/C18H30NO5P/c1-6-19(12-13-23-25(21-7-2)22-8-3)14-17(20)24-18-15(4)10-9-11-16(18)5/h9-11H,6-8,12-14H2,1-5H3. The van der Waals surface area contributed by atoms with E-state index in [1.54, 1.807) is 0 Å². The fraction of sp³-hybridized carbons (Fsp3) is 0.611. The summed E-state index contributed by atoms with van der Waals surface area (Å²) < 4.78 is 22.0. The topological polar surface area (TPSA) is 57.2 Å². The van der Waals surface area contributed by atoms with Crippen LogP contribution in [0.2, 0.25) is 0 Å². The molecule has 6 nitrogen and oxygen atoms in total. The molecule has 25 heavy (non-hydrogen) atoms. The predicted molar refractivity (Wildman–Crippen MR) is 99.8 cm³/mol. The summed E-state index contributed by atoms with van der Waals surface area (Å²) in [4.78, 5) is 14.2. The molecule has 0 radical (unpaired) electrons. The van der Waals surface area contributed by atoms with Crippen molar-refractivity contribution < 1.29 is 23.1 Å². The molecule has 0 amide bonds. The number of esters is 1. The third kappa shape index (κ3) is 8.25. The second-order valence-corrected chi connectivity index (χ2v) is 6.68. The summed E-state index contributed by atoms with van der Waals surface area (Å²) in [5, 5.41) is 0. The molecule has 0 bridgehead atoms. The Morgan fingerprint density at radius 3 is 2.16 bits per heavy atom. The van der Waals surface area contributed by atoms with Gasteiger partial charge in [-0.25, -0.2) is 0 Å². The number of hydrogen-bond donors (Lipinski definition) is 0. The van der Waals surface area contributed by atoms with Crippen molar-refractivity contribution >= 4 is 14.6 Å². The highest BCUT2D eigenvalue weighted by molar-refractivity contribution is 7.41. The number of benzene rings is 1. The third-order valence-electron chi connectivity index (χ3n) is 3.50. The second kappa shape index (κ2) is 12.3. The Balaban J connectivity index is 2.45. The number of carbonyl (C=O) groups excluding carboxylic acids is 1. The number of para-hydroxylation sites is 1. The highest BCUT2D eigenvalue weighted by Gasteiger charge is 2.15. The monoisotopic (exact) mass is 371 g/mol. The first-order valence-electron chi connectivity index (χ1n) is 8.69. The molecule has 0 N–H and O–H groups in total. The van der Waals surface area contributed by atoms with Gasteiger partial charge in [0.1, 0.15) is 5.75 Å². The van der Waals surface area contributed by atoms with Crippen molar-refractivity contribution in [3.8, 4) is 5.75 Å². The summed E-state index contributed by atoms with van der Waals surface area (Å²) in [5.41, 5.74) is 1.91. The highest BCUT2D eigenvalue weighted by Crippen LogP contribution is 2.38. The van der Waals surface area contributed by atoms with Gasteiger partial charge >= 0.3 is 14.6 Å². The van der Waals surface area contributed by atoms with Gasteiger partial charge in [-0.2, -0.15) is 0 Å². The summed E-state index contributed by atoms with van der Waals surface area (Å²) in [6, 6.07) is 5.82. The fourth-order valence-corrected chi connectivity index (χ4v) is 3.08. The maximum atomic E-state index is 12.2. The zero-order valence-corrected chi connectivity index (χ0v) is 16.8. The minimum atomic E-state index is -1.31. The molecule has 0 saturated heterocycles. The van der Waals surface area contributed by atoms with Crippen LogP contribution in [0.4, 0.5) is 0 Å². The van der Waals surface area contributed by atoms with Crippen molar-refractivity contribution in [3.63, 3.8) is 0 Å². The van der Waals surface area contributed by atoms with E-state index < -0.39 is 8.60 Å². The lowest BCUT2D eigenvalue weighted by Gasteiger charge is -2.21. The summed E-state index contributed by atoms with van der Waals surface area (Å²) >= 11 is 0. The SMILES string of the molecule is CCOP(OCC)OCCN(CC)CC(=O)Oc1c(C)cccc1C. The van der Waals surface area contributed by atoms with Crippen LogP contribution in [0.1, 0.15) is 31.9 Å². The van der Waals surface area contributed by atoms with Crippen LogP contribution < -0.4 is 4.74 Å². The molecule has 142 valence electrons. The van der Waals surface area contributed by atoms with E-state index in [0.717, 1.165) is 17.7 Å². The van der Waals surface area contributed by atoms with Crippen LogP contribution in [-0.2, 0) is 18.4 Å². The van der Waals surface area contributed by atoms with Crippen molar-refractivity contribution in [3.05, 3.63) is 29.3 Å². The van der Waals surface area contributed by atoms with Gasteiger partial charge < -0.3 is 18.3 Å². The van der Waals surface area contributed by atoms with Gasteiger partial charge in [0.25, 0.3) is 0 Å². The van der Waals surface area contributed by atoms with Crippen LogP contribution in [0.5, 0.6) is 5.75 Å². The van der Waals surface area contributed by atoms with Crippen LogP contribution in [-0.4, -0.2) is 50.3 Å². The van der Waals surface area contributed by atoms with E-state index >= 15 is 0 Å². The van der Waals surface area contributed by atoms with Gasteiger partial charge in [0, 0.05) is 6.54 Å². The second-order valence-electron chi connectivity index (χ2n) is 5.46. The summed E-state index contributed by atoms with van der Waals surface area (Å²) in [7, 11) is -1.31. The minimum absolute atomic E-state index is 0.217. The van der Waals surface area contributed by atoms with E-state index in [4.69, 9.17) is 18.3 Å². The number of carbonyl (C=O) groups is 1. The molecule has 0 saturated carbocycles. The Morgan fingerprint density at radius 2 is 1.64 bits per heavy atom. The van der Waals surface area contributed by atoms with E-state index in [1.165, 1.54) is 0 Å². The number of ether oxygens (including phenoxy) is 1. The molecule has 0 aromatic heterocycles. The first kappa shape index (κ1) is 22.0. The molecule has 0 aliphatic carbocycles. The number of rotatable bonds is 12. The molecule has 0 fully saturated rings. The molecule has 0 aliphatic rings. The Hall–Kier alpha value is -1.04. The largest absolute Gasteiger partial charge is 0.425 e. The highest BCUT2D eigenvalue weighted by atomic mass is 31.2. The predicted octanol–water partition coefficient (Wildman–Crippen LogP) is 3.85. The molecule has 0 heterocycles. The third-order valence-corrected chi connectivity index (χ3v) is 4.83. The number of nitrogens with zero attached hydrogens (tertiary/aromatic N) is 1. The van der Waals surface area contributed by atoms with Crippen molar-refractivity contribution in [2.45, 2.75) is 34.6 Å². The van der Waals surface area contributed by atoms with E-state index in [9.17, 15) is 4.79 Å². The molecule has 1 rings (SSSR count). The lowest BCUT2D eigenvalue weighted by Crippen LogP contribution is -2.34. The summed E-state index contributed by atoms with van der Waals surface area (Å²) in [6.45, 7) is 12.8. The van der Waals surface area contributed by atoms with Gasteiger partial charge in [0.05, 0.1) is 26.4 Å². The number of likely N-dealkylation sites (N-methyl/N-ethyl adjacent to an activating group) is 1. The molecule has 0 aliphatic heterocycles. The Bertz CT molecular complexity index is 500. The maximum Gasteiger partial charge on any atom is 0.332 e. The quantitative estimate of drug-likeness (QED) is 0.316. The van der Waals surface area contributed by atoms with Gasteiger partial charge in [-0.1, -0.05) is 25.1 Å². The first-order valence-corrected chi connectivity index (χ1v) is 9.79. The van der Waals surface area contributed by atoms with Gasteiger partial charge in [0.2, 0.25) is 0 Å². The normalized spacial score (nSPS) is 11.3. The molecule has 1 aromatic carbocycles. The van der Waals surface area contributed by atoms with Gasteiger partial charge in [-0.3, -0.25) is 9.69 Å². The molecule has 0 spiro atoms. The Kier molecular flexibility index (Phi) is 10.9. The average molecular weight is 371 g/mol. The van der Waals surface area contributed by atoms with Crippen LogP contribution in [0, 0.1) is 13.8 Å². The lowest BCUT2D eigenvalue weighted by atomic mass is 10.1. The molecular formula is C18H30NO5P. The van der Waals surface area contributed by atoms with Crippen LogP contribution >= 0.6 is 8.60 Å². The lowest BCUT2D eigenvalue weighted by molar-refractivity contribution is -0.135. The average Bonchev–Trinajstić information content (AvgIpc) is 2.57. The van der Waals surface area contributed by atoms with E-state index in [0.29, 0.717) is 32.1 Å². The van der Waals surface area contributed by atoms with Crippen molar-refractivity contribution in [1.82, 2.24) is 4.90 Å². The fourth-order valence-electron chi connectivity index (χ4n) is 2.20. The van der Waals surface area contributed by atoms with E-state index in [-0.39, 0.29) is 12.5 Å².